The van der Waals surface area contributed by atoms with Crippen molar-refractivity contribution in [2.24, 2.45) is 5.73 Å². The molecule has 1 aliphatic heterocycles. The van der Waals surface area contributed by atoms with Gasteiger partial charge >= 0.3 is 0 Å². The fraction of sp³-hybridized carbons (Fsp3) is 0.417. The predicted octanol–water partition coefficient (Wildman–Crippen LogP) is 1.12. The van der Waals surface area contributed by atoms with Crippen LogP contribution in [0.1, 0.15) is 11.1 Å². The zero-order valence-electron chi connectivity index (χ0n) is 9.49. The second kappa shape index (κ2) is 4.53. The van der Waals surface area contributed by atoms with E-state index in [0.717, 1.165) is 37.6 Å². The number of nitrogens with zero attached hydrogens (tertiary/aromatic N) is 1. The first kappa shape index (κ1) is 11.0. The number of rotatable bonds is 2. The maximum absolute atomic E-state index is 7.45. The van der Waals surface area contributed by atoms with Gasteiger partial charge in [-0.2, -0.15) is 0 Å². The lowest BCUT2D eigenvalue weighted by Gasteiger charge is -2.30. The van der Waals surface area contributed by atoms with Gasteiger partial charge in [-0.05, 0) is 18.6 Å². The molecule has 2 rings (SSSR count). The van der Waals surface area contributed by atoms with Crippen LogP contribution >= 0.6 is 0 Å². The van der Waals surface area contributed by atoms with Gasteiger partial charge in [0, 0.05) is 24.3 Å². The van der Waals surface area contributed by atoms with Gasteiger partial charge in [0.05, 0.1) is 13.2 Å². The molecule has 1 aromatic carbocycles. The monoisotopic (exact) mass is 219 g/mol. The summed E-state index contributed by atoms with van der Waals surface area (Å²) in [5.74, 6) is 0.120. The van der Waals surface area contributed by atoms with Crippen LogP contribution in [0.4, 0.5) is 5.69 Å². The van der Waals surface area contributed by atoms with Crippen LogP contribution in [-0.4, -0.2) is 32.1 Å². The van der Waals surface area contributed by atoms with E-state index in [1.807, 2.05) is 18.2 Å². The van der Waals surface area contributed by atoms with E-state index in [1.54, 1.807) is 0 Å². The number of amidine groups is 1. The van der Waals surface area contributed by atoms with Gasteiger partial charge in [0.1, 0.15) is 5.84 Å². The van der Waals surface area contributed by atoms with Crippen molar-refractivity contribution >= 4 is 11.5 Å². The summed E-state index contributed by atoms with van der Waals surface area (Å²) in [7, 11) is 0. The Labute approximate surface area is 95.5 Å². The average Bonchev–Trinajstić information content (AvgIpc) is 2.30. The van der Waals surface area contributed by atoms with Crippen LogP contribution in [0, 0.1) is 12.3 Å². The fourth-order valence-corrected chi connectivity index (χ4v) is 1.92. The topological polar surface area (TPSA) is 62.3 Å². The lowest BCUT2D eigenvalue weighted by Crippen LogP contribution is -2.36. The van der Waals surface area contributed by atoms with Crippen LogP contribution in [0.2, 0.25) is 0 Å². The van der Waals surface area contributed by atoms with E-state index in [9.17, 15) is 0 Å². The highest BCUT2D eigenvalue weighted by Crippen LogP contribution is 2.22. The number of anilines is 1. The largest absolute Gasteiger partial charge is 0.384 e. The third kappa shape index (κ3) is 2.17. The molecule has 1 saturated heterocycles. The summed E-state index contributed by atoms with van der Waals surface area (Å²) in [6, 6.07) is 5.89. The second-order valence-electron chi connectivity index (χ2n) is 4.01. The summed E-state index contributed by atoms with van der Waals surface area (Å²) >= 11 is 0. The van der Waals surface area contributed by atoms with Crippen LogP contribution in [-0.2, 0) is 4.74 Å². The first-order chi connectivity index (χ1) is 7.68. The predicted molar refractivity (Wildman–Crippen MR) is 65.2 cm³/mol. The van der Waals surface area contributed by atoms with Crippen molar-refractivity contribution in [2.75, 3.05) is 31.2 Å². The molecule has 4 nitrogen and oxygen atoms in total. The summed E-state index contributed by atoms with van der Waals surface area (Å²) < 4.78 is 5.33. The molecule has 86 valence electrons. The zero-order valence-corrected chi connectivity index (χ0v) is 9.49. The van der Waals surface area contributed by atoms with Crippen molar-refractivity contribution < 1.29 is 4.74 Å². The van der Waals surface area contributed by atoms with Crippen molar-refractivity contribution in [1.29, 1.82) is 5.41 Å². The molecule has 16 heavy (non-hydrogen) atoms. The number of morpholine rings is 1. The van der Waals surface area contributed by atoms with Crippen LogP contribution < -0.4 is 10.6 Å². The first-order valence-electron chi connectivity index (χ1n) is 5.46. The minimum absolute atomic E-state index is 0.120. The minimum Gasteiger partial charge on any atom is -0.384 e. The molecule has 0 aromatic heterocycles. The van der Waals surface area contributed by atoms with Crippen molar-refractivity contribution in [3.8, 4) is 0 Å². The molecule has 0 saturated carbocycles. The number of hydrogen-bond acceptors (Lipinski definition) is 3. The number of aryl methyl sites for hydroxylation is 1. The Morgan fingerprint density at radius 2 is 2.06 bits per heavy atom. The molecule has 0 bridgehead atoms. The quantitative estimate of drug-likeness (QED) is 0.578. The summed E-state index contributed by atoms with van der Waals surface area (Å²) in [6.45, 7) is 5.42. The molecule has 0 amide bonds. The summed E-state index contributed by atoms with van der Waals surface area (Å²) in [6.07, 6.45) is 0. The Bertz CT molecular complexity index is 397. The SMILES string of the molecule is Cc1ccc(C(=N)N)cc1N1CCOCC1. The summed E-state index contributed by atoms with van der Waals surface area (Å²) in [4.78, 5) is 2.28. The number of nitrogens with two attached hydrogens (primary N) is 1. The lowest BCUT2D eigenvalue weighted by atomic mass is 10.1. The van der Waals surface area contributed by atoms with E-state index in [1.165, 1.54) is 5.56 Å². The van der Waals surface area contributed by atoms with E-state index in [-0.39, 0.29) is 5.84 Å². The van der Waals surface area contributed by atoms with Gasteiger partial charge in [0.15, 0.2) is 0 Å². The Balaban J connectivity index is 2.30. The average molecular weight is 219 g/mol. The standard InChI is InChI=1S/C12H17N3O/c1-9-2-3-10(12(13)14)8-11(9)15-4-6-16-7-5-15/h2-3,8H,4-7H2,1H3,(H3,13,14). The molecule has 1 fully saturated rings. The van der Waals surface area contributed by atoms with Gasteiger partial charge < -0.3 is 15.4 Å². The second-order valence-corrected chi connectivity index (χ2v) is 4.01. The van der Waals surface area contributed by atoms with Gasteiger partial charge in [-0.3, -0.25) is 5.41 Å². The molecule has 4 heteroatoms. The molecular formula is C12H17N3O. The number of nitrogen functional groups attached to an aromatic ring is 1. The molecule has 3 N–H and O–H groups in total. The summed E-state index contributed by atoms with van der Waals surface area (Å²) in [5, 5.41) is 7.45. The van der Waals surface area contributed by atoms with E-state index in [2.05, 4.69) is 11.8 Å². The minimum atomic E-state index is 0.120. The summed E-state index contributed by atoms with van der Waals surface area (Å²) in [5.41, 5.74) is 8.66. The molecule has 0 aliphatic carbocycles. The Hall–Kier alpha value is -1.55. The van der Waals surface area contributed by atoms with Crippen LogP contribution in [0.25, 0.3) is 0 Å². The van der Waals surface area contributed by atoms with Crippen molar-refractivity contribution in [3.63, 3.8) is 0 Å². The first-order valence-corrected chi connectivity index (χ1v) is 5.46. The molecule has 0 spiro atoms. The highest BCUT2D eigenvalue weighted by Gasteiger charge is 2.13. The van der Waals surface area contributed by atoms with Gasteiger partial charge in [-0.25, -0.2) is 0 Å². The van der Waals surface area contributed by atoms with E-state index >= 15 is 0 Å². The van der Waals surface area contributed by atoms with Crippen molar-refractivity contribution in [1.82, 2.24) is 0 Å². The highest BCUT2D eigenvalue weighted by molar-refractivity contribution is 5.96. The van der Waals surface area contributed by atoms with Gasteiger partial charge in [0.2, 0.25) is 0 Å². The number of ether oxygens (including phenoxy) is 1. The molecule has 0 radical (unpaired) electrons. The smallest absolute Gasteiger partial charge is 0.122 e. The molecule has 1 aromatic rings. The van der Waals surface area contributed by atoms with Crippen LogP contribution in [0.15, 0.2) is 18.2 Å². The zero-order chi connectivity index (χ0) is 11.5. The number of hydrogen-bond donors (Lipinski definition) is 2. The van der Waals surface area contributed by atoms with Gasteiger partial charge in [-0.1, -0.05) is 12.1 Å². The van der Waals surface area contributed by atoms with E-state index < -0.39 is 0 Å². The normalized spacial score (nSPS) is 16.2. The third-order valence-corrected chi connectivity index (χ3v) is 2.87. The lowest BCUT2D eigenvalue weighted by molar-refractivity contribution is 0.122. The van der Waals surface area contributed by atoms with Crippen LogP contribution in [0.5, 0.6) is 0 Å². The van der Waals surface area contributed by atoms with Crippen molar-refractivity contribution in [3.05, 3.63) is 29.3 Å². The maximum Gasteiger partial charge on any atom is 0.122 e. The fourth-order valence-electron chi connectivity index (χ4n) is 1.92. The number of benzene rings is 1. The molecule has 0 unspecified atom stereocenters. The molecular weight excluding hydrogens is 202 g/mol. The molecule has 0 atom stereocenters. The Morgan fingerprint density at radius 1 is 1.38 bits per heavy atom. The molecule has 1 heterocycles. The maximum atomic E-state index is 7.45. The van der Waals surface area contributed by atoms with Gasteiger partial charge in [-0.15, -0.1) is 0 Å². The van der Waals surface area contributed by atoms with E-state index in [4.69, 9.17) is 15.9 Å². The highest BCUT2D eigenvalue weighted by atomic mass is 16.5. The van der Waals surface area contributed by atoms with E-state index in [0.29, 0.717) is 0 Å². The Morgan fingerprint density at radius 3 is 2.69 bits per heavy atom. The van der Waals surface area contributed by atoms with Crippen LogP contribution in [0.3, 0.4) is 0 Å². The third-order valence-electron chi connectivity index (χ3n) is 2.87. The Kier molecular flexibility index (Phi) is 3.10. The molecule has 1 aliphatic rings. The number of nitrogens with one attached hydrogen (secondary N) is 1. The van der Waals surface area contributed by atoms with Gasteiger partial charge in [0.25, 0.3) is 0 Å². The van der Waals surface area contributed by atoms with Crippen molar-refractivity contribution in [2.45, 2.75) is 6.92 Å².